The van der Waals surface area contributed by atoms with Gasteiger partial charge in [0, 0.05) is 30.6 Å². The second-order valence-electron chi connectivity index (χ2n) is 9.50. The standard InChI is InChI=1S/C28H31F3N4O2S/c1-3-15-27(26(36)37)16-8-17-35(18-27)23-11-7-12-24(33-23)38-34-22-14-13-21(28(29,30)31)25(32-22)20-10-6-5-9-19(20)4-2/h5-7,9-14H,3-4,8,15-18H2,1-2H3,(H,32,34)(H,36,37). The highest BCUT2D eigenvalue weighted by molar-refractivity contribution is 8.00. The molecule has 1 fully saturated rings. The number of anilines is 2. The molecule has 2 N–H and O–H groups in total. The number of nitrogens with one attached hydrogen (secondary N) is 1. The number of hydrogen-bond acceptors (Lipinski definition) is 6. The normalized spacial score (nSPS) is 17.9. The Morgan fingerprint density at radius 3 is 2.61 bits per heavy atom. The second kappa shape index (κ2) is 11.6. The maximum atomic E-state index is 13.8. The van der Waals surface area contributed by atoms with Gasteiger partial charge < -0.3 is 14.7 Å². The molecular formula is C28H31F3N4O2S. The third-order valence-electron chi connectivity index (χ3n) is 6.91. The van der Waals surface area contributed by atoms with E-state index in [-0.39, 0.29) is 11.5 Å². The fraction of sp³-hybridized carbons (Fsp3) is 0.393. The molecule has 0 amide bonds. The molecule has 4 rings (SSSR count). The molecule has 6 nitrogen and oxygen atoms in total. The Hall–Kier alpha value is -3.27. The van der Waals surface area contributed by atoms with Crippen LogP contribution in [0.15, 0.2) is 59.6 Å². The van der Waals surface area contributed by atoms with Crippen LogP contribution in [0, 0.1) is 5.41 Å². The molecule has 0 bridgehead atoms. The monoisotopic (exact) mass is 544 g/mol. The van der Waals surface area contributed by atoms with Crippen LogP contribution in [0.3, 0.4) is 0 Å². The van der Waals surface area contributed by atoms with Crippen LogP contribution in [0.2, 0.25) is 0 Å². The summed E-state index contributed by atoms with van der Waals surface area (Å²) in [5, 5.41) is 10.5. The molecule has 3 heterocycles. The number of aliphatic carboxylic acids is 1. The highest BCUT2D eigenvalue weighted by atomic mass is 32.2. The molecule has 38 heavy (non-hydrogen) atoms. The van der Waals surface area contributed by atoms with E-state index in [1.54, 1.807) is 24.3 Å². The van der Waals surface area contributed by atoms with E-state index in [0.29, 0.717) is 48.8 Å². The van der Waals surface area contributed by atoms with Crippen LogP contribution in [0.25, 0.3) is 11.3 Å². The van der Waals surface area contributed by atoms with Crippen molar-refractivity contribution in [2.45, 2.75) is 57.2 Å². The number of piperidine rings is 1. The number of rotatable bonds is 9. The quantitative estimate of drug-likeness (QED) is 0.273. The van der Waals surface area contributed by atoms with Gasteiger partial charge in [-0.25, -0.2) is 9.97 Å². The number of hydrogen-bond donors (Lipinski definition) is 2. The van der Waals surface area contributed by atoms with E-state index in [1.807, 2.05) is 36.9 Å². The predicted molar refractivity (Wildman–Crippen MR) is 144 cm³/mol. The van der Waals surface area contributed by atoms with Gasteiger partial charge in [-0.3, -0.25) is 4.79 Å². The van der Waals surface area contributed by atoms with E-state index < -0.39 is 23.1 Å². The lowest BCUT2D eigenvalue weighted by molar-refractivity contribution is -0.150. The number of nitrogens with zero attached hydrogens (tertiary/aromatic N) is 3. The first-order valence-electron chi connectivity index (χ1n) is 12.7. The Labute approximate surface area is 224 Å². The topological polar surface area (TPSA) is 78.4 Å². The van der Waals surface area contributed by atoms with Gasteiger partial charge in [0.05, 0.1) is 16.7 Å². The van der Waals surface area contributed by atoms with Crippen LogP contribution in [-0.2, 0) is 17.4 Å². The summed E-state index contributed by atoms with van der Waals surface area (Å²) in [6.07, 6.45) is -1.15. The molecule has 10 heteroatoms. The number of aromatic nitrogens is 2. The van der Waals surface area contributed by atoms with E-state index in [1.165, 1.54) is 6.07 Å². The maximum Gasteiger partial charge on any atom is 0.418 e. The van der Waals surface area contributed by atoms with Crippen LogP contribution < -0.4 is 9.62 Å². The van der Waals surface area contributed by atoms with Crippen molar-refractivity contribution in [3.63, 3.8) is 0 Å². The van der Waals surface area contributed by atoms with Crippen molar-refractivity contribution < 1.29 is 23.1 Å². The van der Waals surface area contributed by atoms with Crippen LogP contribution in [0.4, 0.5) is 24.8 Å². The van der Waals surface area contributed by atoms with Gasteiger partial charge in [-0.15, -0.1) is 0 Å². The predicted octanol–water partition coefficient (Wildman–Crippen LogP) is 7.32. The summed E-state index contributed by atoms with van der Waals surface area (Å²) in [5.74, 6) is 0.183. The smallest absolute Gasteiger partial charge is 0.418 e. The number of carboxylic acids is 1. The Balaban J connectivity index is 1.56. The molecule has 0 saturated carbocycles. The zero-order chi connectivity index (χ0) is 27.3. The van der Waals surface area contributed by atoms with E-state index in [9.17, 15) is 23.1 Å². The minimum Gasteiger partial charge on any atom is -0.481 e. The van der Waals surface area contributed by atoms with Gasteiger partial charge in [0.1, 0.15) is 16.7 Å². The summed E-state index contributed by atoms with van der Waals surface area (Å²) in [4.78, 5) is 23.1. The lowest BCUT2D eigenvalue weighted by Crippen LogP contribution is -2.48. The number of alkyl halides is 3. The molecule has 202 valence electrons. The summed E-state index contributed by atoms with van der Waals surface area (Å²) in [5.41, 5.74) is -0.447. The summed E-state index contributed by atoms with van der Waals surface area (Å²) in [6.45, 7) is 5.00. The molecule has 0 radical (unpaired) electrons. The van der Waals surface area contributed by atoms with Crippen LogP contribution >= 0.6 is 11.9 Å². The van der Waals surface area contributed by atoms with Crippen LogP contribution in [0.1, 0.15) is 50.7 Å². The molecule has 1 unspecified atom stereocenters. The van der Waals surface area contributed by atoms with Gasteiger partial charge in [-0.2, -0.15) is 13.2 Å². The molecular weight excluding hydrogens is 513 g/mol. The molecule has 0 aliphatic carbocycles. The molecule has 2 aromatic heterocycles. The fourth-order valence-corrected chi connectivity index (χ4v) is 5.65. The molecule has 1 aliphatic heterocycles. The molecule has 1 aromatic carbocycles. The van der Waals surface area contributed by atoms with Crippen molar-refractivity contribution in [2.24, 2.45) is 5.41 Å². The summed E-state index contributed by atoms with van der Waals surface area (Å²) in [7, 11) is 0. The van der Waals surface area contributed by atoms with Crippen molar-refractivity contribution in [3.8, 4) is 11.3 Å². The Kier molecular flexibility index (Phi) is 8.50. The van der Waals surface area contributed by atoms with Gasteiger partial charge >= 0.3 is 12.1 Å². The number of halogens is 3. The summed E-state index contributed by atoms with van der Waals surface area (Å²) >= 11 is 1.15. The zero-order valence-electron chi connectivity index (χ0n) is 21.4. The van der Waals surface area contributed by atoms with Gasteiger partial charge in [0.25, 0.3) is 0 Å². The Morgan fingerprint density at radius 2 is 1.89 bits per heavy atom. The number of benzene rings is 1. The van der Waals surface area contributed by atoms with Gasteiger partial charge in [-0.1, -0.05) is 50.6 Å². The van der Waals surface area contributed by atoms with Gasteiger partial charge in [0.15, 0.2) is 0 Å². The van der Waals surface area contributed by atoms with Crippen molar-refractivity contribution in [1.82, 2.24) is 9.97 Å². The van der Waals surface area contributed by atoms with Crippen LogP contribution in [-0.4, -0.2) is 34.1 Å². The summed E-state index contributed by atoms with van der Waals surface area (Å²) < 4.78 is 44.5. The number of aryl methyl sites for hydroxylation is 1. The van der Waals surface area contributed by atoms with Crippen LogP contribution in [0.5, 0.6) is 0 Å². The number of carboxylic acid groups (broad SMARTS) is 1. The fourth-order valence-electron chi connectivity index (χ4n) is 5.04. The Morgan fingerprint density at radius 1 is 1.11 bits per heavy atom. The molecule has 1 aliphatic rings. The second-order valence-corrected chi connectivity index (χ2v) is 10.3. The average molecular weight is 545 g/mol. The van der Waals surface area contributed by atoms with Crippen molar-refractivity contribution >= 4 is 29.6 Å². The third kappa shape index (κ3) is 6.06. The lowest BCUT2D eigenvalue weighted by atomic mass is 9.76. The van der Waals surface area contributed by atoms with E-state index >= 15 is 0 Å². The molecule has 3 aromatic rings. The first-order valence-corrected chi connectivity index (χ1v) is 13.5. The summed E-state index contributed by atoms with van der Waals surface area (Å²) in [6, 6.07) is 14.8. The van der Waals surface area contributed by atoms with Crippen molar-refractivity contribution in [1.29, 1.82) is 0 Å². The minimum atomic E-state index is -4.54. The zero-order valence-corrected chi connectivity index (χ0v) is 22.2. The van der Waals surface area contributed by atoms with E-state index in [0.717, 1.165) is 36.4 Å². The lowest BCUT2D eigenvalue weighted by Gasteiger charge is -2.40. The molecule has 1 saturated heterocycles. The highest BCUT2D eigenvalue weighted by Gasteiger charge is 2.42. The van der Waals surface area contributed by atoms with Gasteiger partial charge in [-0.05, 0) is 55.5 Å². The first-order chi connectivity index (χ1) is 18.2. The largest absolute Gasteiger partial charge is 0.481 e. The molecule has 0 spiro atoms. The molecule has 1 atom stereocenters. The van der Waals surface area contributed by atoms with Crippen molar-refractivity contribution in [3.05, 3.63) is 65.7 Å². The highest BCUT2D eigenvalue weighted by Crippen LogP contribution is 2.39. The first kappa shape index (κ1) is 27.8. The number of carbonyl (C=O) groups is 1. The average Bonchev–Trinajstić information content (AvgIpc) is 2.91. The van der Waals surface area contributed by atoms with E-state index in [2.05, 4.69) is 14.7 Å². The van der Waals surface area contributed by atoms with Crippen molar-refractivity contribution in [2.75, 3.05) is 22.7 Å². The van der Waals surface area contributed by atoms with E-state index in [4.69, 9.17) is 0 Å². The Bertz CT molecular complexity index is 1280. The minimum absolute atomic E-state index is 0.114. The third-order valence-corrected chi connectivity index (χ3v) is 7.65. The maximum absolute atomic E-state index is 13.8. The SMILES string of the molecule is CCCC1(C(=O)O)CCCN(c2cccc(SNc3ccc(C(F)(F)F)c(-c4ccccc4CC)n3)n2)C1. The van der Waals surface area contributed by atoms with Gasteiger partial charge in [0.2, 0.25) is 0 Å². The number of pyridine rings is 2.